The summed E-state index contributed by atoms with van der Waals surface area (Å²) in [4.78, 5) is 12.3. The summed E-state index contributed by atoms with van der Waals surface area (Å²) >= 11 is 9.63. The third kappa shape index (κ3) is 2.92. The Hall–Kier alpha value is -1.56. The van der Waals surface area contributed by atoms with Gasteiger partial charge in [-0.1, -0.05) is 23.7 Å². The molecule has 4 nitrogen and oxygen atoms in total. The topological polar surface area (TPSA) is 35.2 Å². The zero-order valence-corrected chi connectivity index (χ0v) is 15.7. The summed E-state index contributed by atoms with van der Waals surface area (Å²) in [6.07, 6.45) is 1.88. The lowest BCUT2D eigenvalue weighted by Gasteiger charge is -2.34. The molecule has 1 aliphatic heterocycles. The van der Waals surface area contributed by atoms with Crippen molar-refractivity contribution in [2.45, 2.75) is 0 Å². The van der Waals surface area contributed by atoms with Crippen LogP contribution in [-0.4, -0.2) is 48.1 Å². The highest BCUT2D eigenvalue weighted by molar-refractivity contribution is 9.10. The standard InChI is InChI=1S/C18H18BrClN4/c1-23-6-8-24(9-7-23)14-4-2-12(3-5-14)13-10-15-16(19)17(20)22-18(15)21-11-13/h2-5,10-11H,6-9H2,1H3,(H,21,22). The van der Waals surface area contributed by atoms with E-state index in [0.29, 0.717) is 5.15 Å². The summed E-state index contributed by atoms with van der Waals surface area (Å²) in [6, 6.07) is 10.8. The first-order valence-electron chi connectivity index (χ1n) is 7.98. The molecule has 1 fully saturated rings. The van der Waals surface area contributed by atoms with Crippen LogP contribution in [0, 0.1) is 0 Å². The van der Waals surface area contributed by atoms with Crippen molar-refractivity contribution in [3.05, 3.63) is 46.2 Å². The molecule has 1 aliphatic rings. The Morgan fingerprint density at radius 2 is 1.79 bits per heavy atom. The molecule has 0 bridgehead atoms. The third-order valence-corrected chi connectivity index (χ3v) is 5.95. The van der Waals surface area contributed by atoms with E-state index < -0.39 is 0 Å². The van der Waals surface area contributed by atoms with Gasteiger partial charge in [0.25, 0.3) is 0 Å². The normalized spacial score (nSPS) is 16.0. The monoisotopic (exact) mass is 404 g/mol. The van der Waals surface area contributed by atoms with Gasteiger partial charge in [-0.05, 0) is 46.7 Å². The van der Waals surface area contributed by atoms with E-state index in [9.17, 15) is 0 Å². The summed E-state index contributed by atoms with van der Waals surface area (Å²) in [5.74, 6) is 0. The number of H-pyrrole nitrogens is 1. The van der Waals surface area contributed by atoms with Crippen LogP contribution in [0.1, 0.15) is 0 Å². The highest BCUT2D eigenvalue weighted by atomic mass is 79.9. The molecule has 1 N–H and O–H groups in total. The van der Waals surface area contributed by atoms with Crippen molar-refractivity contribution in [3.8, 4) is 11.1 Å². The van der Waals surface area contributed by atoms with Crippen LogP contribution in [0.5, 0.6) is 0 Å². The number of nitrogens with one attached hydrogen (secondary N) is 1. The highest BCUT2D eigenvalue weighted by Crippen LogP contribution is 2.33. The minimum absolute atomic E-state index is 0.583. The smallest absolute Gasteiger partial charge is 0.139 e. The molecule has 0 unspecified atom stereocenters. The molecule has 0 amide bonds. The van der Waals surface area contributed by atoms with Gasteiger partial charge < -0.3 is 14.8 Å². The second-order valence-electron chi connectivity index (χ2n) is 6.21. The van der Waals surface area contributed by atoms with E-state index in [1.54, 1.807) is 0 Å². The Morgan fingerprint density at radius 1 is 1.08 bits per heavy atom. The van der Waals surface area contributed by atoms with E-state index in [2.05, 4.69) is 73.1 Å². The van der Waals surface area contributed by atoms with Crippen LogP contribution in [0.25, 0.3) is 22.2 Å². The lowest BCUT2D eigenvalue weighted by Crippen LogP contribution is -2.44. The quantitative estimate of drug-likeness (QED) is 0.686. The molecule has 4 rings (SSSR count). The molecule has 2 aromatic heterocycles. The number of fused-ring (bicyclic) bond motifs is 1. The van der Waals surface area contributed by atoms with Gasteiger partial charge in [-0.2, -0.15) is 0 Å². The molecule has 0 spiro atoms. The van der Waals surface area contributed by atoms with Crippen LogP contribution in [-0.2, 0) is 0 Å². The number of aromatic amines is 1. The van der Waals surface area contributed by atoms with Crippen molar-refractivity contribution in [2.24, 2.45) is 0 Å². The Labute approximate surface area is 154 Å². The van der Waals surface area contributed by atoms with E-state index >= 15 is 0 Å². The van der Waals surface area contributed by atoms with Gasteiger partial charge in [-0.25, -0.2) is 4.98 Å². The summed E-state index contributed by atoms with van der Waals surface area (Å²) in [7, 11) is 2.18. The number of likely N-dealkylation sites (N-methyl/N-ethyl adjacent to an activating group) is 1. The van der Waals surface area contributed by atoms with E-state index in [4.69, 9.17) is 11.6 Å². The molecule has 24 heavy (non-hydrogen) atoms. The Balaban J connectivity index is 1.61. The molecule has 1 saturated heterocycles. The molecule has 1 aromatic carbocycles. The van der Waals surface area contributed by atoms with Crippen molar-refractivity contribution in [2.75, 3.05) is 38.1 Å². The number of anilines is 1. The number of pyridine rings is 1. The third-order valence-electron chi connectivity index (χ3n) is 4.61. The average molecular weight is 406 g/mol. The van der Waals surface area contributed by atoms with Gasteiger partial charge in [0.1, 0.15) is 10.8 Å². The predicted octanol–water partition coefficient (Wildman–Crippen LogP) is 4.40. The minimum atomic E-state index is 0.583. The Morgan fingerprint density at radius 3 is 2.50 bits per heavy atom. The van der Waals surface area contributed by atoms with Crippen molar-refractivity contribution < 1.29 is 0 Å². The van der Waals surface area contributed by atoms with Crippen LogP contribution >= 0.6 is 27.5 Å². The highest BCUT2D eigenvalue weighted by Gasteiger charge is 2.14. The maximum absolute atomic E-state index is 6.12. The fraction of sp³-hybridized carbons (Fsp3) is 0.278. The van der Waals surface area contributed by atoms with Gasteiger partial charge in [-0.15, -0.1) is 0 Å². The van der Waals surface area contributed by atoms with Crippen LogP contribution in [0.2, 0.25) is 5.15 Å². The van der Waals surface area contributed by atoms with Gasteiger partial charge in [0.15, 0.2) is 0 Å². The fourth-order valence-electron chi connectivity index (χ4n) is 3.10. The van der Waals surface area contributed by atoms with Crippen molar-refractivity contribution in [1.82, 2.24) is 14.9 Å². The van der Waals surface area contributed by atoms with Crippen LogP contribution in [0.3, 0.4) is 0 Å². The number of piperazine rings is 1. The van der Waals surface area contributed by atoms with Gasteiger partial charge in [0, 0.05) is 49.0 Å². The first-order valence-corrected chi connectivity index (χ1v) is 9.15. The number of hydrogen-bond donors (Lipinski definition) is 1. The fourth-order valence-corrected chi connectivity index (χ4v) is 3.69. The second-order valence-corrected chi connectivity index (χ2v) is 7.38. The molecule has 0 atom stereocenters. The van der Waals surface area contributed by atoms with Crippen LogP contribution in [0.4, 0.5) is 5.69 Å². The summed E-state index contributed by atoms with van der Waals surface area (Å²) in [6.45, 7) is 4.39. The Kier molecular flexibility index (Phi) is 4.24. The van der Waals surface area contributed by atoms with E-state index in [-0.39, 0.29) is 0 Å². The SMILES string of the molecule is CN1CCN(c2ccc(-c3cnc4[nH]c(Cl)c(Br)c4c3)cc2)CC1. The first kappa shape index (κ1) is 15.9. The van der Waals surface area contributed by atoms with Crippen LogP contribution in [0.15, 0.2) is 41.0 Å². The van der Waals surface area contributed by atoms with E-state index in [1.165, 1.54) is 5.69 Å². The van der Waals surface area contributed by atoms with Crippen molar-refractivity contribution >= 4 is 44.3 Å². The number of hydrogen-bond acceptors (Lipinski definition) is 3. The van der Waals surface area contributed by atoms with E-state index in [0.717, 1.165) is 52.8 Å². The first-order chi connectivity index (χ1) is 11.6. The maximum atomic E-state index is 6.12. The predicted molar refractivity (Wildman–Crippen MR) is 104 cm³/mol. The lowest BCUT2D eigenvalue weighted by molar-refractivity contribution is 0.313. The molecule has 3 aromatic rings. The summed E-state index contributed by atoms with van der Waals surface area (Å²) in [5, 5.41) is 1.58. The number of aromatic nitrogens is 2. The second kappa shape index (κ2) is 6.39. The van der Waals surface area contributed by atoms with Gasteiger partial charge >= 0.3 is 0 Å². The molecular weight excluding hydrogens is 388 g/mol. The molecule has 0 aliphatic carbocycles. The Bertz CT molecular complexity index is 867. The number of halogens is 2. The number of rotatable bonds is 2. The van der Waals surface area contributed by atoms with Crippen molar-refractivity contribution in [3.63, 3.8) is 0 Å². The number of nitrogens with zero attached hydrogens (tertiary/aromatic N) is 3. The van der Waals surface area contributed by atoms with Gasteiger partial charge in [0.2, 0.25) is 0 Å². The summed E-state index contributed by atoms with van der Waals surface area (Å²) < 4.78 is 0.863. The largest absolute Gasteiger partial charge is 0.369 e. The van der Waals surface area contributed by atoms with Gasteiger partial charge in [-0.3, -0.25) is 0 Å². The molecule has 0 saturated carbocycles. The number of benzene rings is 1. The summed E-state index contributed by atoms with van der Waals surface area (Å²) in [5.41, 5.74) is 4.33. The lowest BCUT2D eigenvalue weighted by atomic mass is 10.1. The molecule has 124 valence electrons. The maximum Gasteiger partial charge on any atom is 0.139 e. The van der Waals surface area contributed by atoms with Crippen molar-refractivity contribution in [1.29, 1.82) is 0 Å². The minimum Gasteiger partial charge on any atom is -0.369 e. The molecule has 6 heteroatoms. The van der Waals surface area contributed by atoms with Gasteiger partial charge in [0.05, 0.1) is 4.47 Å². The molecule has 3 heterocycles. The zero-order valence-electron chi connectivity index (χ0n) is 13.4. The average Bonchev–Trinajstić information content (AvgIpc) is 2.90. The zero-order chi connectivity index (χ0) is 16.7. The molecule has 0 radical (unpaired) electrons. The van der Waals surface area contributed by atoms with Crippen LogP contribution < -0.4 is 4.90 Å². The molecular formula is C18H18BrClN4. The van der Waals surface area contributed by atoms with E-state index in [1.807, 2.05) is 6.20 Å².